The topological polar surface area (TPSA) is 68.0 Å². The average molecular weight is 211 g/mol. The van der Waals surface area contributed by atoms with E-state index in [1.54, 1.807) is 6.33 Å². The highest BCUT2D eigenvalue weighted by Crippen LogP contribution is 2.10. The Morgan fingerprint density at radius 1 is 1.67 bits per heavy atom. The molecular formula is C10H17N3O2. The van der Waals surface area contributed by atoms with Crippen LogP contribution in [-0.4, -0.2) is 25.8 Å². The number of carboxylic acids is 1. The molecular weight excluding hydrogens is 194 g/mol. The Morgan fingerprint density at radius 2 is 2.40 bits per heavy atom. The molecule has 0 fully saturated rings. The van der Waals surface area contributed by atoms with Gasteiger partial charge in [0.05, 0.1) is 0 Å². The van der Waals surface area contributed by atoms with Crippen LogP contribution in [0.4, 0.5) is 0 Å². The molecule has 84 valence electrons. The first-order valence-electron chi connectivity index (χ1n) is 5.22. The van der Waals surface area contributed by atoms with Gasteiger partial charge in [0, 0.05) is 19.4 Å². The predicted molar refractivity (Wildman–Crippen MR) is 55.4 cm³/mol. The van der Waals surface area contributed by atoms with Crippen LogP contribution in [0.1, 0.15) is 32.5 Å². The highest BCUT2D eigenvalue weighted by molar-refractivity contribution is 5.66. The molecule has 1 N–H and O–H groups in total. The van der Waals surface area contributed by atoms with E-state index in [1.165, 1.54) is 0 Å². The van der Waals surface area contributed by atoms with E-state index in [0.29, 0.717) is 6.42 Å². The van der Waals surface area contributed by atoms with Crippen molar-refractivity contribution in [1.82, 2.24) is 14.8 Å². The summed E-state index contributed by atoms with van der Waals surface area (Å²) in [7, 11) is 0. The SMILES string of the molecule is CCCn1cnnc1CC(C)CC(=O)O. The van der Waals surface area contributed by atoms with E-state index in [1.807, 2.05) is 11.5 Å². The minimum atomic E-state index is -0.760. The second-order valence-electron chi connectivity index (χ2n) is 3.85. The molecule has 5 nitrogen and oxygen atoms in total. The van der Waals surface area contributed by atoms with Gasteiger partial charge in [-0.05, 0) is 12.3 Å². The van der Waals surface area contributed by atoms with Crippen molar-refractivity contribution in [3.63, 3.8) is 0 Å². The highest BCUT2D eigenvalue weighted by Gasteiger charge is 2.12. The number of carbonyl (C=O) groups is 1. The van der Waals surface area contributed by atoms with Crippen LogP contribution in [0.25, 0.3) is 0 Å². The zero-order chi connectivity index (χ0) is 11.3. The molecule has 15 heavy (non-hydrogen) atoms. The standard InChI is InChI=1S/C10H17N3O2/c1-3-4-13-7-11-12-9(13)5-8(2)6-10(14)15/h7-8H,3-6H2,1-2H3,(H,14,15). The molecule has 1 unspecified atom stereocenters. The molecule has 0 bridgehead atoms. The van der Waals surface area contributed by atoms with Gasteiger partial charge in [0.2, 0.25) is 0 Å². The third kappa shape index (κ3) is 3.69. The van der Waals surface area contributed by atoms with Crippen molar-refractivity contribution in [2.75, 3.05) is 0 Å². The van der Waals surface area contributed by atoms with Gasteiger partial charge in [-0.1, -0.05) is 13.8 Å². The number of aliphatic carboxylic acids is 1. The molecule has 0 aliphatic heterocycles. The van der Waals surface area contributed by atoms with Crippen molar-refractivity contribution in [3.05, 3.63) is 12.2 Å². The van der Waals surface area contributed by atoms with Crippen LogP contribution in [-0.2, 0) is 17.8 Å². The molecule has 1 rings (SSSR count). The van der Waals surface area contributed by atoms with Gasteiger partial charge >= 0.3 is 5.97 Å². The van der Waals surface area contributed by atoms with E-state index in [2.05, 4.69) is 17.1 Å². The minimum absolute atomic E-state index is 0.0994. The van der Waals surface area contributed by atoms with E-state index < -0.39 is 5.97 Å². The molecule has 0 aliphatic carbocycles. The van der Waals surface area contributed by atoms with Crippen molar-refractivity contribution in [2.24, 2.45) is 5.92 Å². The van der Waals surface area contributed by atoms with Crippen LogP contribution in [0, 0.1) is 5.92 Å². The van der Waals surface area contributed by atoms with Gasteiger partial charge in [0.1, 0.15) is 12.2 Å². The third-order valence-electron chi connectivity index (χ3n) is 2.21. The molecule has 1 atom stereocenters. The van der Waals surface area contributed by atoms with E-state index in [0.717, 1.165) is 18.8 Å². The molecule has 1 aromatic heterocycles. The Hall–Kier alpha value is -1.39. The maximum Gasteiger partial charge on any atom is 0.303 e. The van der Waals surface area contributed by atoms with Crippen molar-refractivity contribution >= 4 is 5.97 Å². The van der Waals surface area contributed by atoms with Crippen molar-refractivity contribution in [2.45, 2.75) is 39.7 Å². The summed E-state index contributed by atoms with van der Waals surface area (Å²) in [6, 6.07) is 0. The third-order valence-corrected chi connectivity index (χ3v) is 2.21. The van der Waals surface area contributed by atoms with Crippen LogP contribution in [0.15, 0.2) is 6.33 Å². The molecule has 0 amide bonds. The molecule has 1 aromatic rings. The van der Waals surface area contributed by atoms with Crippen LogP contribution >= 0.6 is 0 Å². The summed E-state index contributed by atoms with van der Waals surface area (Å²) in [5.74, 6) is 0.219. The zero-order valence-electron chi connectivity index (χ0n) is 9.18. The normalized spacial score (nSPS) is 12.7. The Morgan fingerprint density at radius 3 is 3.00 bits per heavy atom. The van der Waals surface area contributed by atoms with Gasteiger partial charge in [-0.15, -0.1) is 10.2 Å². The summed E-state index contributed by atoms with van der Waals surface area (Å²) in [4.78, 5) is 10.5. The summed E-state index contributed by atoms with van der Waals surface area (Å²) in [6.45, 7) is 4.89. The number of aromatic nitrogens is 3. The summed E-state index contributed by atoms with van der Waals surface area (Å²) in [5, 5.41) is 16.5. The lowest BCUT2D eigenvalue weighted by Crippen LogP contribution is -2.11. The van der Waals surface area contributed by atoms with Crippen molar-refractivity contribution < 1.29 is 9.90 Å². The van der Waals surface area contributed by atoms with Gasteiger partial charge in [-0.25, -0.2) is 0 Å². The molecule has 0 aliphatic rings. The van der Waals surface area contributed by atoms with Gasteiger partial charge in [-0.2, -0.15) is 0 Å². The highest BCUT2D eigenvalue weighted by atomic mass is 16.4. The van der Waals surface area contributed by atoms with Crippen molar-refractivity contribution in [3.8, 4) is 0 Å². The number of carboxylic acid groups (broad SMARTS) is 1. The van der Waals surface area contributed by atoms with Crippen LogP contribution in [0.5, 0.6) is 0 Å². The van der Waals surface area contributed by atoms with Gasteiger partial charge in [0.25, 0.3) is 0 Å². The maximum atomic E-state index is 10.5. The summed E-state index contributed by atoms with van der Waals surface area (Å²) in [5.41, 5.74) is 0. The Labute approximate surface area is 89.1 Å². The Balaban J connectivity index is 2.55. The smallest absolute Gasteiger partial charge is 0.303 e. The molecule has 0 spiro atoms. The monoisotopic (exact) mass is 211 g/mol. The first-order valence-corrected chi connectivity index (χ1v) is 5.22. The number of rotatable bonds is 6. The average Bonchev–Trinajstić information content (AvgIpc) is 2.52. The number of aryl methyl sites for hydroxylation is 1. The fourth-order valence-electron chi connectivity index (χ4n) is 1.55. The molecule has 0 aromatic carbocycles. The maximum absolute atomic E-state index is 10.5. The van der Waals surface area contributed by atoms with Crippen LogP contribution in [0.2, 0.25) is 0 Å². The second-order valence-corrected chi connectivity index (χ2v) is 3.85. The fraction of sp³-hybridized carbons (Fsp3) is 0.700. The molecule has 5 heteroatoms. The van der Waals surface area contributed by atoms with Gasteiger partial charge < -0.3 is 9.67 Å². The Kier molecular flexibility index (Phi) is 4.27. The summed E-state index contributed by atoms with van der Waals surface area (Å²) < 4.78 is 1.98. The van der Waals surface area contributed by atoms with Crippen molar-refractivity contribution in [1.29, 1.82) is 0 Å². The number of hydrogen-bond acceptors (Lipinski definition) is 3. The van der Waals surface area contributed by atoms with Crippen LogP contribution in [0.3, 0.4) is 0 Å². The van der Waals surface area contributed by atoms with E-state index in [-0.39, 0.29) is 12.3 Å². The molecule has 0 saturated carbocycles. The van der Waals surface area contributed by atoms with E-state index in [4.69, 9.17) is 5.11 Å². The minimum Gasteiger partial charge on any atom is -0.481 e. The Bertz CT molecular complexity index is 322. The molecule has 0 radical (unpaired) electrons. The quantitative estimate of drug-likeness (QED) is 0.771. The first kappa shape index (κ1) is 11.7. The van der Waals surface area contributed by atoms with Gasteiger partial charge in [0.15, 0.2) is 0 Å². The van der Waals surface area contributed by atoms with E-state index in [9.17, 15) is 4.79 Å². The zero-order valence-corrected chi connectivity index (χ0v) is 9.18. The summed E-state index contributed by atoms with van der Waals surface area (Å²) >= 11 is 0. The predicted octanol–water partition coefficient (Wildman–Crippen LogP) is 1.34. The lowest BCUT2D eigenvalue weighted by Gasteiger charge is -2.09. The molecule has 0 saturated heterocycles. The molecule has 1 heterocycles. The number of nitrogens with zero attached hydrogens (tertiary/aromatic N) is 3. The van der Waals surface area contributed by atoms with Crippen LogP contribution < -0.4 is 0 Å². The number of hydrogen-bond donors (Lipinski definition) is 1. The first-order chi connectivity index (χ1) is 7.13. The summed E-state index contributed by atoms with van der Waals surface area (Å²) in [6.07, 6.45) is 3.58. The lowest BCUT2D eigenvalue weighted by atomic mass is 10.0. The largest absolute Gasteiger partial charge is 0.481 e. The van der Waals surface area contributed by atoms with Gasteiger partial charge in [-0.3, -0.25) is 4.79 Å². The second kappa shape index (κ2) is 5.48. The fourth-order valence-corrected chi connectivity index (χ4v) is 1.55. The van der Waals surface area contributed by atoms with E-state index >= 15 is 0 Å². The lowest BCUT2D eigenvalue weighted by molar-refractivity contribution is -0.137.